The van der Waals surface area contributed by atoms with Crippen molar-refractivity contribution in [3.63, 3.8) is 0 Å². The Morgan fingerprint density at radius 2 is 2.05 bits per heavy atom. The van der Waals surface area contributed by atoms with Gasteiger partial charge in [0.1, 0.15) is 16.5 Å². The van der Waals surface area contributed by atoms with Crippen molar-refractivity contribution < 1.29 is 9.47 Å². The quantitative estimate of drug-likeness (QED) is 0.878. The second-order valence-corrected chi connectivity index (χ2v) is 6.66. The van der Waals surface area contributed by atoms with Gasteiger partial charge in [-0.2, -0.15) is 0 Å². The lowest BCUT2D eigenvalue weighted by atomic mass is 10.1. The largest absolute Gasteiger partial charge is 0.497 e. The molecule has 0 amide bonds. The predicted octanol–water partition coefficient (Wildman–Crippen LogP) is 3.86. The standard InChI is InChI=1S/C17H22N2O2S/c1-20-13-7-8-14(15(9-13)21-2)16-10-19-17(22-16)11-18-12-5-3-4-6-12/h7-10,12,18H,3-6,11H2,1-2H3. The third-order valence-electron chi connectivity index (χ3n) is 4.12. The number of hydrogen-bond acceptors (Lipinski definition) is 5. The highest BCUT2D eigenvalue weighted by molar-refractivity contribution is 7.15. The molecule has 0 radical (unpaired) electrons. The Balaban J connectivity index is 1.72. The van der Waals surface area contributed by atoms with Crippen LogP contribution in [-0.4, -0.2) is 25.2 Å². The van der Waals surface area contributed by atoms with Gasteiger partial charge in [-0.25, -0.2) is 4.98 Å². The van der Waals surface area contributed by atoms with Crippen LogP contribution in [0, 0.1) is 0 Å². The smallest absolute Gasteiger partial charge is 0.131 e. The van der Waals surface area contributed by atoms with Gasteiger partial charge in [-0.1, -0.05) is 12.8 Å². The van der Waals surface area contributed by atoms with E-state index in [0.717, 1.165) is 33.5 Å². The highest BCUT2D eigenvalue weighted by Crippen LogP contribution is 2.36. The minimum absolute atomic E-state index is 0.669. The van der Waals surface area contributed by atoms with Gasteiger partial charge in [-0.15, -0.1) is 11.3 Å². The molecule has 0 unspecified atom stereocenters. The van der Waals surface area contributed by atoms with E-state index in [1.54, 1.807) is 25.6 Å². The molecule has 1 fully saturated rings. The van der Waals surface area contributed by atoms with Crippen molar-refractivity contribution >= 4 is 11.3 Å². The third kappa shape index (κ3) is 3.42. The van der Waals surface area contributed by atoms with Crippen LogP contribution in [0.3, 0.4) is 0 Å². The molecule has 2 aromatic rings. The minimum Gasteiger partial charge on any atom is -0.497 e. The van der Waals surface area contributed by atoms with E-state index in [1.807, 2.05) is 24.4 Å². The number of aromatic nitrogens is 1. The molecule has 1 aromatic carbocycles. The highest BCUT2D eigenvalue weighted by Gasteiger charge is 2.15. The van der Waals surface area contributed by atoms with Gasteiger partial charge in [0.2, 0.25) is 0 Å². The van der Waals surface area contributed by atoms with Crippen LogP contribution in [0.5, 0.6) is 11.5 Å². The van der Waals surface area contributed by atoms with Crippen molar-refractivity contribution in [2.45, 2.75) is 38.3 Å². The van der Waals surface area contributed by atoms with E-state index in [4.69, 9.17) is 9.47 Å². The topological polar surface area (TPSA) is 43.4 Å². The van der Waals surface area contributed by atoms with E-state index >= 15 is 0 Å². The van der Waals surface area contributed by atoms with Crippen LogP contribution in [0.15, 0.2) is 24.4 Å². The van der Waals surface area contributed by atoms with Crippen molar-refractivity contribution in [2.75, 3.05) is 14.2 Å². The molecule has 1 aromatic heterocycles. The van der Waals surface area contributed by atoms with Gasteiger partial charge in [0.15, 0.2) is 0 Å². The molecule has 1 aliphatic carbocycles. The summed E-state index contributed by atoms with van der Waals surface area (Å²) in [6.45, 7) is 0.855. The van der Waals surface area contributed by atoms with Crippen LogP contribution < -0.4 is 14.8 Å². The first-order valence-corrected chi connectivity index (χ1v) is 8.52. The third-order valence-corrected chi connectivity index (χ3v) is 5.16. The molecule has 1 aliphatic rings. The molecule has 5 heteroatoms. The van der Waals surface area contributed by atoms with Gasteiger partial charge in [0, 0.05) is 30.4 Å². The lowest BCUT2D eigenvalue weighted by Crippen LogP contribution is -2.25. The summed E-state index contributed by atoms with van der Waals surface area (Å²) in [7, 11) is 3.34. The molecule has 1 N–H and O–H groups in total. The number of ether oxygens (including phenoxy) is 2. The van der Waals surface area contributed by atoms with Gasteiger partial charge >= 0.3 is 0 Å². The van der Waals surface area contributed by atoms with Gasteiger partial charge in [-0.05, 0) is 25.0 Å². The molecular formula is C17H22N2O2S. The molecule has 0 spiro atoms. The van der Waals surface area contributed by atoms with Crippen LogP contribution in [0.4, 0.5) is 0 Å². The van der Waals surface area contributed by atoms with Gasteiger partial charge in [0.05, 0.1) is 19.1 Å². The first kappa shape index (κ1) is 15.3. The summed E-state index contributed by atoms with van der Waals surface area (Å²) in [6, 6.07) is 6.56. The number of rotatable bonds is 6. The molecule has 118 valence electrons. The maximum absolute atomic E-state index is 5.48. The lowest BCUT2D eigenvalue weighted by Gasteiger charge is -2.09. The minimum atomic E-state index is 0.669. The second-order valence-electron chi connectivity index (χ2n) is 5.55. The molecule has 22 heavy (non-hydrogen) atoms. The van der Waals surface area contributed by atoms with Crippen molar-refractivity contribution in [1.29, 1.82) is 0 Å². The maximum atomic E-state index is 5.48. The van der Waals surface area contributed by atoms with Crippen molar-refractivity contribution in [3.8, 4) is 21.9 Å². The summed E-state index contributed by atoms with van der Waals surface area (Å²) in [4.78, 5) is 5.67. The Hall–Kier alpha value is -1.59. The fourth-order valence-electron chi connectivity index (χ4n) is 2.88. The summed E-state index contributed by atoms with van der Waals surface area (Å²) in [5.41, 5.74) is 1.06. The molecule has 0 saturated heterocycles. The molecule has 0 aliphatic heterocycles. The lowest BCUT2D eigenvalue weighted by molar-refractivity contribution is 0.395. The second kappa shape index (κ2) is 7.11. The molecule has 1 saturated carbocycles. The SMILES string of the molecule is COc1ccc(-c2cnc(CNC3CCCC3)s2)c(OC)c1. The van der Waals surface area contributed by atoms with Gasteiger partial charge in [-0.3, -0.25) is 0 Å². The Bertz CT molecular complexity index is 621. The van der Waals surface area contributed by atoms with Gasteiger partial charge in [0.25, 0.3) is 0 Å². The maximum Gasteiger partial charge on any atom is 0.131 e. The highest BCUT2D eigenvalue weighted by atomic mass is 32.1. The number of benzene rings is 1. The van der Waals surface area contributed by atoms with Crippen molar-refractivity contribution in [2.24, 2.45) is 0 Å². The summed E-state index contributed by atoms with van der Waals surface area (Å²) in [6.07, 6.45) is 7.23. The number of hydrogen-bond donors (Lipinski definition) is 1. The van der Waals surface area contributed by atoms with Crippen molar-refractivity contribution in [3.05, 3.63) is 29.4 Å². The summed E-state index contributed by atoms with van der Waals surface area (Å²) in [5.74, 6) is 1.62. The average molecular weight is 318 g/mol. The summed E-state index contributed by atoms with van der Waals surface area (Å²) in [5, 5.41) is 4.73. The molecular weight excluding hydrogens is 296 g/mol. The number of nitrogens with zero attached hydrogens (tertiary/aromatic N) is 1. The van der Waals surface area contributed by atoms with Crippen molar-refractivity contribution in [1.82, 2.24) is 10.3 Å². The van der Waals surface area contributed by atoms with Crippen LogP contribution >= 0.6 is 11.3 Å². The summed E-state index contributed by atoms with van der Waals surface area (Å²) >= 11 is 1.72. The normalized spacial score (nSPS) is 15.2. The monoisotopic (exact) mass is 318 g/mol. The van der Waals surface area contributed by atoms with E-state index in [-0.39, 0.29) is 0 Å². The predicted molar refractivity (Wildman–Crippen MR) is 89.7 cm³/mol. The van der Waals surface area contributed by atoms with Crippen LogP contribution in [0.25, 0.3) is 10.4 Å². The Morgan fingerprint density at radius 3 is 2.77 bits per heavy atom. The molecule has 0 bridgehead atoms. The zero-order valence-electron chi connectivity index (χ0n) is 13.1. The fraction of sp³-hybridized carbons (Fsp3) is 0.471. The van der Waals surface area contributed by atoms with Crippen LogP contribution in [0.1, 0.15) is 30.7 Å². The van der Waals surface area contributed by atoms with E-state index < -0.39 is 0 Å². The molecule has 0 atom stereocenters. The van der Waals surface area contributed by atoms with Crippen LogP contribution in [0.2, 0.25) is 0 Å². The number of methoxy groups -OCH3 is 2. The van der Waals surface area contributed by atoms with Crippen LogP contribution in [-0.2, 0) is 6.54 Å². The van der Waals surface area contributed by atoms with Gasteiger partial charge < -0.3 is 14.8 Å². The Kier molecular flexibility index (Phi) is 4.95. The first-order chi connectivity index (χ1) is 10.8. The molecule has 3 rings (SSSR count). The Morgan fingerprint density at radius 1 is 1.23 bits per heavy atom. The van der Waals surface area contributed by atoms with E-state index in [1.165, 1.54) is 25.7 Å². The summed E-state index contributed by atoms with van der Waals surface area (Å²) < 4.78 is 10.7. The van der Waals surface area contributed by atoms with E-state index in [0.29, 0.717) is 6.04 Å². The fourth-order valence-corrected chi connectivity index (χ4v) is 3.78. The number of thiazole rings is 1. The van der Waals surface area contributed by atoms with E-state index in [2.05, 4.69) is 10.3 Å². The first-order valence-electron chi connectivity index (χ1n) is 7.70. The average Bonchev–Trinajstić information content (AvgIpc) is 3.23. The van der Waals surface area contributed by atoms with E-state index in [9.17, 15) is 0 Å². The zero-order valence-corrected chi connectivity index (χ0v) is 13.9. The zero-order chi connectivity index (χ0) is 15.4. The number of nitrogens with one attached hydrogen (secondary N) is 1. The molecule has 4 nitrogen and oxygen atoms in total. The Labute approximate surface area is 135 Å². The molecule has 1 heterocycles.